The maximum Gasteiger partial charge on any atom is 0.429 e. The fraction of sp³-hybridized carbons (Fsp3) is 0.448. The fourth-order valence-electron chi connectivity index (χ4n) is 4.49. The Labute approximate surface area is 228 Å². The average Bonchev–Trinajstić information content (AvgIpc) is 2.95. The fourth-order valence-corrected chi connectivity index (χ4v) is 4.49. The number of hydrogen-bond donors (Lipinski definition) is 2. The van der Waals surface area contributed by atoms with E-state index in [0.29, 0.717) is 19.3 Å². The summed E-state index contributed by atoms with van der Waals surface area (Å²) in [6.07, 6.45) is 2.39. The normalized spacial score (nSPS) is 15.9. The van der Waals surface area contributed by atoms with Gasteiger partial charge in [-0.1, -0.05) is 86.8 Å². The summed E-state index contributed by atoms with van der Waals surface area (Å²) in [7, 11) is 0. The van der Waals surface area contributed by atoms with E-state index < -0.39 is 35.8 Å². The van der Waals surface area contributed by atoms with Crippen LogP contribution in [0.15, 0.2) is 60.7 Å². The molecule has 3 rings (SSSR count). The van der Waals surface area contributed by atoms with Gasteiger partial charge >= 0.3 is 12.1 Å². The molecule has 2 atom stereocenters. The Morgan fingerprint density at radius 2 is 1.62 bits per heavy atom. The molecule has 2 aromatic carbocycles. The van der Waals surface area contributed by atoms with Gasteiger partial charge in [-0.2, -0.15) is 0 Å². The molecule has 0 aromatic heterocycles. The molecule has 2 N–H and O–H groups in total. The quantitative estimate of drug-likeness (QED) is 0.285. The third-order valence-corrected chi connectivity index (χ3v) is 6.53. The summed E-state index contributed by atoms with van der Waals surface area (Å²) in [5, 5.41) is 12.0. The zero-order valence-electron chi connectivity index (χ0n) is 22.3. The minimum atomic E-state index is -1.23. The van der Waals surface area contributed by atoms with Gasteiger partial charge in [0.15, 0.2) is 6.04 Å². The summed E-state index contributed by atoms with van der Waals surface area (Å²) in [4.78, 5) is 57.0. The van der Waals surface area contributed by atoms with E-state index in [1.807, 2.05) is 55.5 Å². The van der Waals surface area contributed by atoms with Crippen LogP contribution < -0.4 is 5.48 Å². The number of unbranched alkanes of at least 4 members (excludes halogenated alkanes) is 2. The molecule has 0 saturated carbocycles. The summed E-state index contributed by atoms with van der Waals surface area (Å²) < 4.78 is 5.43. The van der Waals surface area contributed by atoms with Crippen LogP contribution in [0, 0.1) is 5.92 Å². The zero-order valence-corrected chi connectivity index (χ0v) is 22.3. The Balaban J connectivity index is 1.71. The Hall–Kier alpha value is -3.92. The lowest BCUT2D eigenvalue weighted by molar-refractivity contribution is -0.174. The van der Waals surface area contributed by atoms with E-state index in [1.165, 1.54) is 0 Å². The topological polar surface area (TPSA) is 125 Å². The molecule has 0 spiro atoms. The van der Waals surface area contributed by atoms with E-state index in [9.17, 15) is 24.3 Å². The lowest BCUT2D eigenvalue weighted by Gasteiger charge is -2.42. The van der Waals surface area contributed by atoms with Crippen LogP contribution in [0.4, 0.5) is 4.79 Å². The summed E-state index contributed by atoms with van der Waals surface area (Å²) in [5.74, 6) is -3.14. The first-order valence-corrected chi connectivity index (χ1v) is 13.4. The summed E-state index contributed by atoms with van der Waals surface area (Å²) in [6, 6.07) is 17.1. The number of amides is 3. The average molecular weight is 540 g/mol. The number of nitrogens with one attached hydrogen (secondary N) is 1. The molecule has 10 nitrogen and oxygen atoms in total. The highest BCUT2D eigenvalue weighted by Gasteiger charge is 2.43. The first-order chi connectivity index (χ1) is 18.9. The summed E-state index contributed by atoms with van der Waals surface area (Å²) in [5.41, 5.74) is 4.02. The Bertz CT molecular complexity index is 1080. The molecule has 0 bridgehead atoms. The Morgan fingerprint density at radius 3 is 2.23 bits per heavy atom. The number of hydrogen-bond acceptors (Lipinski definition) is 6. The lowest BCUT2D eigenvalue weighted by atomic mass is 9.94. The molecule has 3 amide bonds. The van der Waals surface area contributed by atoms with Crippen LogP contribution in [0.5, 0.6) is 0 Å². The minimum absolute atomic E-state index is 0.0168. The van der Waals surface area contributed by atoms with E-state index in [4.69, 9.17) is 9.57 Å². The standard InChI is InChI=1S/C29H37N3O7/c1-2-3-6-16-24(19-26(33)30-39-21-23-14-9-5-10-15-23)27(34)32-25(28(35)36)17-11-18-31(32)29(37)38-20-22-12-7-4-8-13-22/h4-5,7-10,12-15,24-25H,2-3,6,11,16-21H2,1H3,(H,30,33)(H,35,36)/t24-,25+/m1/s1. The van der Waals surface area contributed by atoms with Gasteiger partial charge in [-0.05, 0) is 30.4 Å². The van der Waals surface area contributed by atoms with Gasteiger partial charge in [-0.25, -0.2) is 25.1 Å². The van der Waals surface area contributed by atoms with Gasteiger partial charge in [0.2, 0.25) is 11.8 Å². The second-order valence-electron chi connectivity index (χ2n) is 9.54. The van der Waals surface area contributed by atoms with E-state index in [2.05, 4.69) is 5.48 Å². The third-order valence-electron chi connectivity index (χ3n) is 6.53. The molecule has 39 heavy (non-hydrogen) atoms. The van der Waals surface area contributed by atoms with Crippen molar-refractivity contribution >= 4 is 23.9 Å². The first-order valence-electron chi connectivity index (χ1n) is 13.4. The number of benzene rings is 2. The molecule has 1 heterocycles. The molecule has 2 aromatic rings. The Kier molecular flexibility index (Phi) is 11.8. The lowest BCUT2D eigenvalue weighted by Crippen LogP contribution is -2.61. The molecular weight excluding hydrogens is 502 g/mol. The number of rotatable bonds is 13. The molecule has 1 fully saturated rings. The largest absolute Gasteiger partial charge is 0.480 e. The van der Waals surface area contributed by atoms with Crippen molar-refractivity contribution in [3.05, 3.63) is 71.8 Å². The second kappa shape index (κ2) is 15.5. The van der Waals surface area contributed by atoms with Crippen molar-refractivity contribution in [1.82, 2.24) is 15.5 Å². The minimum Gasteiger partial charge on any atom is -0.480 e. The van der Waals surface area contributed by atoms with Gasteiger partial charge in [0.25, 0.3) is 0 Å². The summed E-state index contributed by atoms with van der Waals surface area (Å²) in [6.45, 7) is 2.31. The van der Waals surface area contributed by atoms with Gasteiger partial charge in [-0.3, -0.25) is 14.4 Å². The van der Waals surface area contributed by atoms with Crippen molar-refractivity contribution in [1.29, 1.82) is 0 Å². The predicted octanol–water partition coefficient (Wildman–Crippen LogP) is 4.45. The number of ether oxygens (including phenoxy) is 1. The number of aliphatic carboxylic acids is 1. The molecule has 1 aliphatic heterocycles. The number of nitrogens with zero attached hydrogens (tertiary/aromatic N) is 2. The number of carbonyl (C=O) groups excluding carboxylic acids is 3. The molecular formula is C29H37N3O7. The van der Waals surface area contributed by atoms with Crippen molar-refractivity contribution in [2.24, 2.45) is 5.92 Å². The van der Waals surface area contributed by atoms with Crippen molar-refractivity contribution in [2.45, 2.75) is 71.1 Å². The molecule has 0 aliphatic carbocycles. The number of carboxylic acid groups (broad SMARTS) is 1. The first kappa shape index (κ1) is 29.6. The van der Waals surface area contributed by atoms with Crippen molar-refractivity contribution in [3.8, 4) is 0 Å². The van der Waals surface area contributed by atoms with Crippen molar-refractivity contribution in [2.75, 3.05) is 6.54 Å². The van der Waals surface area contributed by atoms with Crippen LogP contribution >= 0.6 is 0 Å². The molecule has 10 heteroatoms. The SMILES string of the molecule is CCCCC[C@H](CC(=O)NOCc1ccccc1)C(=O)N1[C@H](C(=O)O)CCCN1C(=O)OCc1ccccc1. The monoisotopic (exact) mass is 539 g/mol. The van der Waals surface area contributed by atoms with E-state index >= 15 is 0 Å². The number of hydroxylamine groups is 1. The van der Waals surface area contributed by atoms with Crippen molar-refractivity contribution in [3.63, 3.8) is 0 Å². The van der Waals surface area contributed by atoms with Crippen LogP contribution in [0.3, 0.4) is 0 Å². The highest BCUT2D eigenvalue weighted by molar-refractivity contribution is 5.90. The van der Waals surface area contributed by atoms with Crippen LogP contribution in [0.25, 0.3) is 0 Å². The number of carbonyl (C=O) groups is 4. The molecule has 0 unspecified atom stereocenters. The van der Waals surface area contributed by atoms with E-state index in [1.54, 1.807) is 12.1 Å². The van der Waals surface area contributed by atoms with Gasteiger partial charge in [0, 0.05) is 18.9 Å². The maximum atomic E-state index is 13.8. The predicted molar refractivity (Wildman–Crippen MR) is 142 cm³/mol. The van der Waals surface area contributed by atoms with Crippen LogP contribution in [0.2, 0.25) is 0 Å². The van der Waals surface area contributed by atoms with Gasteiger partial charge < -0.3 is 9.84 Å². The van der Waals surface area contributed by atoms with E-state index in [0.717, 1.165) is 34.0 Å². The molecule has 0 radical (unpaired) electrons. The highest BCUT2D eigenvalue weighted by Crippen LogP contribution is 2.26. The number of hydrazine groups is 1. The van der Waals surface area contributed by atoms with Crippen LogP contribution in [0.1, 0.15) is 63.0 Å². The number of carboxylic acids is 1. The third kappa shape index (κ3) is 9.10. The maximum absolute atomic E-state index is 13.8. The highest BCUT2D eigenvalue weighted by atomic mass is 16.6. The van der Waals surface area contributed by atoms with Gasteiger partial charge in [0.1, 0.15) is 6.61 Å². The smallest absolute Gasteiger partial charge is 0.429 e. The van der Waals surface area contributed by atoms with Gasteiger partial charge in [0.05, 0.1) is 6.61 Å². The summed E-state index contributed by atoms with van der Waals surface area (Å²) >= 11 is 0. The second-order valence-corrected chi connectivity index (χ2v) is 9.54. The van der Waals surface area contributed by atoms with E-state index in [-0.39, 0.29) is 32.6 Å². The van der Waals surface area contributed by atoms with Crippen LogP contribution in [-0.4, -0.2) is 51.6 Å². The van der Waals surface area contributed by atoms with Crippen LogP contribution in [-0.2, 0) is 37.2 Å². The molecule has 1 aliphatic rings. The molecule has 210 valence electrons. The zero-order chi connectivity index (χ0) is 28.0. The van der Waals surface area contributed by atoms with Gasteiger partial charge in [-0.15, -0.1) is 0 Å². The van der Waals surface area contributed by atoms with Crippen molar-refractivity contribution < 1.29 is 33.9 Å². The Morgan fingerprint density at radius 1 is 0.974 bits per heavy atom. The molecule has 1 saturated heterocycles.